The average Bonchev–Trinajstić information content (AvgIpc) is 2.98. The van der Waals surface area contributed by atoms with Crippen molar-refractivity contribution in [1.29, 1.82) is 0 Å². The minimum absolute atomic E-state index is 0.0128. The lowest BCUT2D eigenvalue weighted by Gasteiger charge is -2.25. The third kappa shape index (κ3) is 3.27. The van der Waals surface area contributed by atoms with Crippen LogP contribution in [0.15, 0.2) is 51.7 Å². The lowest BCUT2D eigenvalue weighted by atomic mass is 9.98. The molecule has 4 rings (SSSR count). The first-order chi connectivity index (χ1) is 13.9. The number of ether oxygens (including phenoxy) is 1. The number of hydrogen-bond donors (Lipinski definition) is 1. The quantitative estimate of drug-likeness (QED) is 0.711. The summed E-state index contributed by atoms with van der Waals surface area (Å²) >= 11 is 0. The van der Waals surface area contributed by atoms with Crippen molar-refractivity contribution < 1.29 is 23.2 Å². The first kappa shape index (κ1) is 19.1. The fourth-order valence-electron chi connectivity index (χ4n) is 3.72. The average molecular weight is 397 g/mol. The molecule has 1 aliphatic heterocycles. The number of likely N-dealkylation sites (N-methyl/N-ethyl adjacent to an activating group) is 1. The van der Waals surface area contributed by atoms with E-state index < -0.39 is 11.9 Å². The van der Waals surface area contributed by atoms with Crippen LogP contribution >= 0.6 is 0 Å². The Morgan fingerprint density at radius 1 is 1.17 bits per heavy atom. The number of quaternary nitrogens is 1. The Bertz CT molecular complexity index is 1160. The number of nitrogens with one attached hydrogen (secondary N) is 1. The second kappa shape index (κ2) is 7.33. The molecule has 150 valence electrons. The van der Waals surface area contributed by atoms with E-state index in [2.05, 4.69) is 0 Å². The number of hydrogen-bond acceptors (Lipinski definition) is 4. The van der Waals surface area contributed by atoms with Gasteiger partial charge >= 0.3 is 0 Å². The van der Waals surface area contributed by atoms with Gasteiger partial charge in [0.2, 0.25) is 5.76 Å². The predicted octanol–water partition coefficient (Wildman–Crippen LogP) is 1.63. The van der Waals surface area contributed by atoms with Crippen molar-refractivity contribution in [1.82, 2.24) is 4.90 Å². The Balaban J connectivity index is 1.94. The van der Waals surface area contributed by atoms with Crippen LogP contribution in [0.5, 0.6) is 5.75 Å². The minimum Gasteiger partial charge on any atom is -0.497 e. The topological polar surface area (TPSA) is 64.2 Å². The summed E-state index contributed by atoms with van der Waals surface area (Å²) in [5, 5.41) is 0.360. The lowest BCUT2D eigenvalue weighted by molar-refractivity contribution is -0.857. The zero-order valence-corrected chi connectivity index (χ0v) is 16.5. The van der Waals surface area contributed by atoms with Crippen molar-refractivity contribution in [2.75, 3.05) is 34.3 Å². The van der Waals surface area contributed by atoms with Crippen LogP contribution in [0, 0.1) is 5.82 Å². The first-order valence-electron chi connectivity index (χ1n) is 9.41. The van der Waals surface area contributed by atoms with Crippen molar-refractivity contribution in [3.63, 3.8) is 0 Å². The summed E-state index contributed by atoms with van der Waals surface area (Å²) in [6.45, 7) is 1.08. The largest absolute Gasteiger partial charge is 0.497 e. The third-order valence-corrected chi connectivity index (χ3v) is 5.19. The second-order valence-electron chi connectivity index (χ2n) is 7.45. The number of benzene rings is 2. The van der Waals surface area contributed by atoms with Gasteiger partial charge in [-0.05, 0) is 29.8 Å². The van der Waals surface area contributed by atoms with Gasteiger partial charge in [0, 0.05) is 6.07 Å². The number of amides is 1. The van der Waals surface area contributed by atoms with Crippen LogP contribution in [0.25, 0.3) is 11.0 Å². The number of carbonyl (C=O) groups is 1. The first-order valence-corrected chi connectivity index (χ1v) is 9.41. The van der Waals surface area contributed by atoms with E-state index in [1.165, 1.54) is 19.2 Å². The molecule has 1 amide bonds. The summed E-state index contributed by atoms with van der Waals surface area (Å²) in [6, 6.07) is 10.2. The van der Waals surface area contributed by atoms with Crippen LogP contribution < -0.4 is 15.1 Å². The van der Waals surface area contributed by atoms with Gasteiger partial charge in [0.05, 0.1) is 51.3 Å². The van der Waals surface area contributed by atoms with Gasteiger partial charge in [0.15, 0.2) is 5.43 Å². The van der Waals surface area contributed by atoms with Gasteiger partial charge in [-0.2, -0.15) is 0 Å². The molecule has 1 N–H and O–H groups in total. The van der Waals surface area contributed by atoms with Crippen LogP contribution in [-0.2, 0) is 0 Å². The maximum Gasteiger partial charge on any atom is 0.291 e. The number of halogens is 1. The maximum atomic E-state index is 13.9. The summed E-state index contributed by atoms with van der Waals surface area (Å²) in [7, 11) is 5.48. The smallest absolute Gasteiger partial charge is 0.291 e. The van der Waals surface area contributed by atoms with Crippen LogP contribution in [0.3, 0.4) is 0 Å². The van der Waals surface area contributed by atoms with Crippen molar-refractivity contribution in [2.45, 2.75) is 6.04 Å². The normalized spacial score (nSPS) is 16.0. The monoisotopic (exact) mass is 397 g/mol. The Morgan fingerprint density at radius 3 is 2.66 bits per heavy atom. The number of methoxy groups -OCH3 is 1. The van der Waals surface area contributed by atoms with E-state index in [-0.39, 0.29) is 22.7 Å². The molecule has 2 heterocycles. The van der Waals surface area contributed by atoms with Gasteiger partial charge in [-0.15, -0.1) is 0 Å². The maximum absolute atomic E-state index is 13.9. The highest BCUT2D eigenvalue weighted by atomic mass is 19.1. The highest BCUT2D eigenvalue weighted by Gasteiger charge is 2.43. The van der Waals surface area contributed by atoms with Gasteiger partial charge in [0.1, 0.15) is 17.1 Å². The lowest BCUT2D eigenvalue weighted by Crippen LogP contribution is -3.06. The van der Waals surface area contributed by atoms with E-state index in [1.807, 2.05) is 14.1 Å². The molecule has 0 saturated carbocycles. The van der Waals surface area contributed by atoms with Crippen molar-refractivity contribution in [3.8, 4) is 5.75 Å². The number of carbonyl (C=O) groups excluding carboxylic acids is 1. The Labute approximate surface area is 167 Å². The van der Waals surface area contributed by atoms with Crippen LogP contribution in [0.1, 0.15) is 27.7 Å². The molecular formula is C22H22FN2O4+. The van der Waals surface area contributed by atoms with Crippen molar-refractivity contribution >= 4 is 16.9 Å². The molecule has 0 saturated heterocycles. The second-order valence-corrected chi connectivity index (χ2v) is 7.45. The molecule has 0 fully saturated rings. The van der Waals surface area contributed by atoms with Crippen LogP contribution in [-0.4, -0.2) is 45.1 Å². The zero-order valence-electron chi connectivity index (χ0n) is 16.5. The van der Waals surface area contributed by atoms with Crippen LogP contribution in [0.2, 0.25) is 0 Å². The summed E-state index contributed by atoms with van der Waals surface area (Å²) in [5.74, 6) is -0.242. The van der Waals surface area contributed by atoms with Crippen molar-refractivity contribution in [2.24, 2.45) is 0 Å². The highest BCUT2D eigenvalue weighted by molar-refractivity contribution is 5.99. The van der Waals surface area contributed by atoms with Gasteiger partial charge in [-0.3, -0.25) is 9.59 Å². The molecule has 0 bridgehead atoms. The fourth-order valence-corrected chi connectivity index (χ4v) is 3.72. The van der Waals surface area contributed by atoms with Gasteiger partial charge < -0.3 is 19.0 Å². The number of fused-ring (bicyclic) bond motifs is 2. The van der Waals surface area contributed by atoms with Crippen LogP contribution in [0.4, 0.5) is 4.39 Å². The van der Waals surface area contributed by atoms with E-state index in [0.29, 0.717) is 35.4 Å². The molecule has 6 nitrogen and oxygen atoms in total. The molecular weight excluding hydrogens is 375 g/mol. The number of rotatable bonds is 5. The predicted molar refractivity (Wildman–Crippen MR) is 106 cm³/mol. The van der Waals surface area contributed by atoms with E-state index in [4.69, 9.17) is 9.15 Å². The van der Waals surface area contributed by atoms with E-state index in [0.717, 1.165) is 4.90 Å². The van der Waals surface area contributed by atoms with Gasteiger partial charge in [-0.25, -0.2) is 4.39 Å². The summed E-state index contributed by atoms with van der Waals surface area (Å²) in [5.41, 5.74) is 0.809. The summed E-state index contributed by atoms with van der Waals surface area (Å²) in [4.78, 5) is 29.3. The minimum atomic E-state index is -0.685. The van der Waals surface area contributed by atoms with E-state index in [1.54, 1.807) is 35.2 Å². The third-order valence-electron chi connectivity index (χ3n) is 5.19. The van der Waals surface area contributed by atoms with Gasteiger partial charge in [-0.1, -0.05) is 12.1 Å². The van der Waals surface area contributed by atoms with Gasteiger partial charge in [0.25, 0.3) is 5.91 Å². The van der Waals surface area contributed by atoms with Crippen molar-refractivity contribution in [3.05, 3.63) is 75.4 Å². The Hall–Kier alpha value is -3.19. The highest BCUT2D eigenvalue weighted by Crippen LogP contribution is 2.38. The molecule has 29 heavy (non-hydrogen) atoms. The summed E-state index contributed by atoms with van der Waals surface area (Å²) in [6.07, 6.45) is 0. The standard InChI is InChI=1S/C22H21FN2O4/c1-24(2)9-10-25-19(13-5-4-6-14(23)11-13)18-20(26)16-8-7-15(28-3)12-17(16)29-21(18)22(25)27/h4-8,11-12,19H,9-10H2,1-3H3/p+1/t19-/m0/s1. The molecule has 1 aliphatic rings. The Kier molecular flexibility index (Phi) is 4.84. The molecule has 3 aromatic rings. The fraction of sp³-hybridized carbons (Fsp3) is 0.273. The molecule has 0 unspecified atom stereocenters. The molecule has 0 radical (unpaired) electrons. The molecule has 2 aromatic carbocycles. The van der Waals surface area contributed by atoms with E-state index in [9.17, 15) is 14.0 Å². The number of nitrogens with zero attached hydrogens (tertiary/aromatic N) is 1. The molecule has 0 spiro atoms. The zero-order chi connectivity index (χ0) is 20.7. The van der Waals surface area contributed by atoms with E-state index >= 15 is 0 Å². The summed E-state index contributed by atoms with van der Waals surface area (Å²) < 4.78 is 25.0. The Morgan fingerprint density at radius 2 is 1.97 bits per heavy atom. The molecule has 1 aromatic heterocycles. The molecule has 0 aliphatic carbocycles. The molecule has 1 atom stereocenters. The SMILES string of the molecule is COc1ccc2c(=O)c3c(oc2c1)C(=O)N(CC[NH+](C)C)[C@H]3c1cccc(F)c1. The molecule has 7 heteroatoms.